The largest absolute Gasteiger partial charge is 0.496 e. The van der Waals surface area contributed by atoms with Crippen molar-refractivity contribution >= 4 is 5.91 Å². The number of ether oxygens (including phenoxy) is 1. The molecule has 0 bridgehead atoms. The van der Waals surface area contributed by atoms with E-state index >= 15 is 0 Å². The monoisotopic (exact) mass is 407 g/mol. The fraction of sp³-hybridized carbons (Fsp3) is 0.476. The molecule has 1 spiro atoms. The van der Waals surface area contributed by atoms with E-state index in [0.29, 0.717) is 56.0 Å². The van der Waals surface area contributed by atoms with Crippen LogP contribution in [0.4, 0.5) is 13.2 Å². The first-order chi connectivity index (χ1) is 13.8. The molecule has 0 radical (unpaired) electrons. The van der Waals surface area contributed by atoms with Crippen LogP contribution < -0.4 is 4.74 Å². The summed E-state index contributed by atoms with van der Waals surface area (Å²) >= 11 is 0. The van der Waals surface area contributed by atoms with Crippen molar-refractivity contribution in [3.8, 4) is 5.75 Å². The Morgan fingerprint density at radius 2 is 1.72 bits per heavy atom. The lowest BCUT2D eigenvalue weighted by molar-refractivity contribution is -0.144. The second-order valence-electron chi connectivity index (χ2n) is 7.70. The Morgan fingerprint density at radius 3 is 2.38 bits per heavy atom. The van der Waals surface area contributed by atoms with E-state index < -0.39 is 17.4 Å². The summed E-state index contributed by atoms with van der Waals surface area (Å²) in [5.74, 6) is 0.415. The number of methoxy groups -OCH3 is 1. The van der Waals surface area contributed by atoms with E-state index in [1.165, 1.54) is 17.7 Å². The summed E-state index contributed by atoms with van der Waals surface area (Å²) in [6.07, 6.45) is -3.19. The minimum atomic E-state index is -4.37. The van der Waals surface area contributed by atoms with Gasteiger partial charge in [-0.1, -0.05) is 12.1 Å². The number of para-hydroxylation sites is 1. The molecule has 29 heavy (non-hydrogen) atoms. The van der Waals surface area contributed by atoms with E-state index in [9.17, 15) is 18.0 Å². The molecule has 0 N–H and O–H groups in total. The van der Waals surface area contributed by atoms with E-state index in [4.69, 9.17) is 4.74 Å². The Morgan fingerprint density at radius 1 is 1.03 bits per heavy atom. The van der Waals surface area contributed by atoms with Crippen LogP contribution in [0.15, 0.2) is 36.4 Å². The molecule has 0 unspecified atom stereocenters. The van der Waals surface area contributed by atoms with Gasteiger partial charge >= 0.3 is 6.18 Å². The topological polar surface area (TPSA) is 37.7 Å². The van der Waals surface area contributed by atoms with Gasteiger partial charge in [-0.05, 0) is 44.2 Å². The van der Waals surface area contributed by atoms with Crippen molar-refractivity contribution in [3.05, 3.63) is 53.3 Å². The highest BCUT2D eigenvalue weighted by atomic mass is 19.4. The first kappa shape index (κ1) is 19.8. The van der Waals surface area contributed by atoms with Gasteiger partial charge in [0.1, 0.15) is 11.4 Å². The van der Waals surface area contributed by atoms with Crippen molar-refractivity contribution in [2.75, 3.05) is 33.8 Å². The highest BCUT2D eigenvalue weighted by molar-refractivity contribution is 5.97. The molecule has 1 fully saturated rings. The third-order valence-corrected chi connectivity index (χ3v) is 6.35. The predicted octanol–water partition coefficient (Wildman–Crippen LogP) is 3.59. The van der Waals surface area contributed by atoms with Gasteiger partial charge < -0.3 is 14.2 Å². The van der Waals surface area contributed by atoms with Gasteiger partial charge in [-0.3, -0.25) is 9.69 Å². The van der Waals surface area contributed by atoms with Gasteiger partial charge in [-0.25, -0.2) is 0 Å². The van der Waals surface area contributed by atoms with Crippen LogP contribution in [0.25, 0.3) is 0 Å². The second kappa shape index (κ2) is 7.09. The number of carbonyl (C=O) groups is 1. The van der Waals surface area contributed by atoms with Crippen molar-refractivity contribution < 1.29 is 22.7 Å². The van der Waals surface area contributed by atoms with E-state index in [2.05, 4.69) is 4.90 Å². The van der Waals surface area contributed by atoms with E-state index in [-0.39, 0.29) is 5.91 Å². The molecular weight excluding hydrogens is 383 g/mol. The third-order valence-electron chi connectivity index (χ3n) is 6.35. The molecule has 0 aliphatic carbocycles. The third kappa shape index (κ3) is 3.19. The molecule has 156 valence electrons. The fourth-order valence-corrected chi connectivity index (χ4v) is 4.73. The number of halogens is 3. The van der Waals surface area contributed by atoms with Gasteiger partial charge in [0, 0.05) is 31.9 Å². The Kier molecular flexibility index (Phi) is 4.85. The molecule has 4 rings (SSSR count). The van der Waals surface area contributed by atoms with Crippen molar-refractivity contribution in [1.29, 1.82) is 0 Å². The number of likely N-dealkylation sites (N-methyl/N-ethyl adjacent to an activating group) is 1. The van der Waals surface area contributed by atoms with Crippen LogP contribution in [-0.2, 0) is 18.3 Å². The minimum absolute atomic E-state index is 0.109. The van der Waals surface area contributed by atoms with E-state index in [1.54, 1.807) is 29.2 Å². The van der Waals surface area contributed by atoms with Gasteiger partial charge in [0.25, 0.3) is 5.91 Å². The lowest BCUT2D eigenvalue weighted by atomic mass is 9.81. The standard InChI is InChI=1S/C21H24F3N3O2/c1-25-13-14-27-17(7-8-18(27)21(22,23)24)20(25)9-11-26(12-10-20)19(28)15-5-3-4-6-16(15)29-2/h3-8H,9-14H2,1-2H3. The minimum Gasteiger partial charge on any atom is -0.496 e. The Bertz CT molecular complexity index is 914. The normalized spacial score (nSPS) is 19.3. The molecule has 0 saturated carbocycles. The second-order valence-corrected chi connectivity index (χ2v) is 7.70. The lowest BCUT2D eigenvalue weighted by Gasteiger charge is -2.50. The average Bonchev–Trinajstić information content (AvgIpc) is 3.16. The van der Waals surface area contributed by atoms with Gasteiger partial charge in [0.05, 0.1) is 18.2 Å². The molecule has 1 aromatic heterocycles. The molecule has 2 aromatic rings. The number of likely N-dealkylation sites (tertiary alicyclic amines) is 1. The quantitative estimate of drug-likeness (QED) is 0.764. The number of aromatic nitrogens is 1. The summed E-state index contributed by atoms with van der Waals surface area (Å²) < 4.78 is 46.9. The summed E-state index contributed by atoms with van der Waals surface area (Å²) in [5.41, 5.74) is 0.125. The molecule has 1 saturated heterocycles. The zero-order valence-corrected chi connectivity index (χ0v) is 16.5. The van der Waals surface area contributed by atoms with Gasteiger partial charge in [-0.15, -0.1) is 0 Å². The Hall–Kier alpha value is -2.48. The molecule has 8 heteroatoms. The number of rotatable bonds is 2. The van der Waals surface area contributed by atoms with Crippen molar-refractivity contribution in [3.63, 3.8) is 0 Å². The molecule has 0 atom stereocenters. The molecule has 3 heterocycles. The number of fused-ring (bicyclic) bond motifs is 2. The smallest absolute Gasteiger partial charge is 0.431 e. The fourth-order valence-electron chi connectivity index (χ4n) is 4.73. The van der Waals surface area contributed by atoms with E-state index in [1.807, 2.05) is 13.1 Å². The summed E-state index contributed by atoms with van der Waals surface area (Å²) in [5, 5.41) is 0. The lowest BCUT2D eigenvalue weighted by Crippen LogP contribution is -2.56. The number of amides is 1. The number of alkyl halides is 3. The summed E-state index contributed by atoms with van der Waals surface area (Å²) in [7, 11) is 3.49. The average molecular weight is 407 g/mol. The van der Waals surface area contributed by atoms with Crippen molar-refractivity contribution in [1.82, 2.24) is 14.4 Å². The first-order valence-electron chi connectivity index (χ1n) is 9.69. The molecule has 5 nitrogen and oxygen atoms in total. The van der Waals surface area contributed by atoms with Crippen molar-refractivity contribution in [2.24, 2.45) is 0 Å². The Labute approximate surface area is 167 Å². The summed E-state index contributed by atoms with van der Waals surface area (Å²) in [6.45, 7) is 1.83. The number of hydrogen-bond acceptors (Lipinski definition) is 3. The maximum absolute atomic E-state index is 13.4. The summed E-state index contributed by atoms with van der Waals surface area (Å²) in [6, 6.07) is 9.88. The van der Waals surface area contributed by atoms with Crippen LogP contribution in [0.5, 0.6) is 5.75 Å². The Balaban J connectivity index is 1.59. The highest BCUT2D eigenvalue weighted by Crippen LogP contribution is 2.44. The van der Waals surface area contributed by atoms with Crippen LogP contribution in [0.3, 0.4) is 0 Å². The highest BCUT2D eigenvalue weighted by Gasteiger charge is 2.47. The SMILES string of the molecule is COc1ccccc1C(=O)N1CCC2(CC1)c1ccc(C(F)(F)F)n1CCN2C. The zero-order valence-electron chi connectivity index (χ0n) is 16.5. The van der Waals surface area contributed by atoms with Gasteiger partial charge in [0.15, 0.2) is 0 Å². The van der Waals surface area contributed by atoms with Crippen LogP contribution in [-0.4, -0.2) is 54.1 Å². The number of nitrogens with zero attached hydrogens (tertiary/aromatic N) is 3. The first-order valence-corrected chi connectivity index (χ1v) is 9.69. The molecule has 2 aliphatic heterocycles. The van der Waals surface area contributed by atoms with Gasteiger partial charge in [0.2, 0.25) is 0 Å². The number of carbonyl (C=O) groups excluding carboxylic acids is 1. The van der Waals surface area contributed by atoms with Crippen LogP contribution in [0.2, 0.25) is 0 Å². The van der Waals surface area contributed by atoms with Gasteiger partial charge in [-0.2, -0.15) is 13.2 Å². The van der Waals surface area contributed by atoms with Crippen molar-refractivity contribution in [2.45, 2.75) is 31.1 Å². The molecular formula is C21H24F3N3O2. The predicted molar refractivity (Wildman–Crippen MR) is 102 cm³/mol. The molecule has 1 aromatic carbocycles. The van der Waals surface area contributed by atoms with Crippen LogP contribution >= 0.6 is 0 Å². The number of piperidine rings is 1. The van der Waals surface area contributed by atoms with E-state index in [0.717, 1.165) is 0 Å². The summed E-state index contributed by atoms with van der Waals surface area (Å²) in [4.78, 5) is 16.9. The molecule has 1 amide bonds. The number of benzene rings is 1. The maximum Gasteiger partial charge on any atom is 0.431 e. The maximum atomic E-state index is 13.4. The zero-order chi connectivity index (χ0) is 20.8. The van der Waals surface area contributed by atoms with Crippen LogP contribution in [0.1, 0.15) is 34.6 Å². The molecule has 2 aliphatic rings. The number of hydrogen-bond donors (Lipinski definition) is 0. The van der Waals surface area contributed by atoms with Crippen LogP contribution in [0, 0.1) is 0 Å².